The first-order chi connectivity index (χ1) is 15.7. The van der Waals surface area contributed by atoms with Crippen LogP contribution in [0.5, 0.6) is 0 Å². The first kappa shape index (κ1) is 23.6. The molecule has 2 heterocycles. The number of nitrogens with one attached hydrogen (secondary N) is 1. The maximum atomic E-state index is 13.0. The van der Waals surface area contributed by atoms with E-state index in [1.807, 2.05) is 13.0 Å². The number of carboxylic acid groups (broad SMARTS) is 1. The van der Waals surface area contributed by atoms with Crippen LogP contribution in [0.3, 0.4) is 0 Å². The zero-order chi connectivity index (χ0) is 23.6. The fourth-order valence-electron chi connectivity index (χ4n) is 5.07. The van der Waals surface area contributed by atoms with Crippen molar-refractivity contribution >= 4 is 27.4 Å². The van der Waals surface area contributed by atoms with Gasteiger partial charge in [-0.3, -0.25) is 4.72 Å². The van der Waals surface area contributed by atoms with E-state index >= 15 is 0 Å². The Bertz CT molecular complexity index is 1120. The minimum atomic E-state index is -3.91. The third-order valence-corrected chi connectivity index (χ3v) is 8.36. The standard InChI is InChI=1S/C25H33N3O4S/c1-18-6-9-24(19(2)16-18)33(31,32)26-23-8-7-21(17-22(23)25(29)30)28-14-10-20(11-15-28)27-12-4-3-5-13-27/h6-9,16-17,20,26H,3-5,10-15H2,1-2H3,(H,29,30). The molecule has 2 saturated heterocycles. The molecule has 0 aliphatic carbocycles. The number of rotatable bonds is 6. The first-order valence-corrected chi connectivity index (χ1v) is 13.2. The molecule has 0 unspecified atom stereocenters. The van der Waals surface area contributed by atoms with Crippen LogP contribution >= 0.6 is 0 Å². The molecule has 2 N–H and O–H groups in total. The Labute approximate surface area is 196 Å². The van der Waals surface area contributed by atoms with Gasteiger partial charge in [-0.2, -0.15) is 0 Å². The van der Waals surface area contributed by atoms with E-state index in [4.69, 9.17) is 0 Å². The Hall–Kier alpha value is -2.58. The zero-order valence-corrected chi connectivity index (χ0v) is 20.2. The lowest BCUT2D eigenvalue weighted by Crippen LogP contribution is -2.46. The van der Waals surface area contributed by atoms with Crippen molar-refractivity contribution in [2.24, 2.45) is 0 Å². The SMILES string of the molecule is Cc1ccc(S(=O)(=O)Nc2ccc(N3CCC(N4CCCCC4)CC3)cc2C(=O)O)c(C)c1. The summed E-state index contributed by atoms with van der Waals surface area (Å²) in [5.74, 6) is -1.15. The molecule has 2 fully saturated rings. The highest BCUT2D eigenvalue weighted by Gasteiger charge is 2.27. The van der Waals surface area contributed by atoms with Crippen LogP contribution in [-0.2, 0) is 10.0 Å². The van der Waals surface area contributed by atoms with Crippen molar-refractivity contribution in [2.45, 2.75) is 56.9 Å². The fraction of sp³-hybridized carbons (Fsp3) is 0.480. The van der Waals surface area contributed by atoms with Crippen LogP contribution in [0, 0.1) is 13.8 Å². The molecular formula is C25H33N3O4S. The number of aromatic carboxylic acids is 1. The number of anilines is 2. The molecule has 2 aliphatic heterocycles. The average molecular weight is 472 g/mol. The molecule has 2 aromatic carbocycles. The Morgan fingerprint density at radius 1 is 0.970 bits per heavy atom. The molecule has 0 atom stereocenters. The largest absolute Gasteiger partial charge is 0.478 e. The van der Waals surface area contributed by atoms with Gasteiger partial charge >= 0.3 is 5.97 Å². The van der Waals surface area contributed by atoms with Gasteiger partial charge in [0.25, 0.3) is 10.0 Å². The van der Waals surface area contributed by atoms with Crippen molar-refractivity contribution < 1.29 is 18.3 Å². The zero-order valence-electron chi connectivity index (χ0n) is 19.4. The maximum absolute atomic E-state index is 13.0. The summed E-state index contributed by atoms with van der Waals surface area (Å²) in [6, 6.07) is 10.6. The van der Waals surface area contributed by atoms with E-state index in [0.717, 1.165) is 37.2 Å². The van der Waals surface area contributed by atoms with Crippen LogP contribution in [0.2, 0.25) is 0 Å². The highest BCUT2D eigenvalue weighted by molar-refractivity contribution is 7.92. The highest BCUT2D eigenvalue weighted by atomic mass is 32.2. The number of carboxylic acids is 1. The van der Waals surface area contributed by atoms with Gasteiger partial charge in [0.15, 0.2) is 0 Å². The lowest BCUT2D eigenvalue weighted by Gasteiger charge is -2.41. The Morgan fingerprint density at radius 2 is 1.67 bits per heavy atom. The second kappa shape index (κ2) is 9.73. The molecule has 0 radical (unpaired) electrons. The molecule has 0 spiro atoms. The predicted molar refractivity (Wildman–Crippen MR) is 131 cm³/mol. The summed E-state index contributed by atoms with van der Waals surface area (Å²) < 4.78 is 28.4. The number of hydrogen-bond acceptors (Lipinski definition) is 5. The van der Waals surface area contributed by atoms with E-state index in [9.17, 15) is 18.3 Å². The minimum absolute atomic E-state index is 0.0426. The smallest absolute Gasteiger partial charge is 0.337 e. The molecule has 33 heavy (non-hydrogen) atoms. The van der Waals surface area contributed by atoms with Gasteiger partial charge in [-0.25, -0.2) is 13.2 Å². The van der Waals surface area contributed by atoms with Gasteiger partial charge in [0.1, 0.15) is 0 Å². The van der Waals surface area contributed by atoms with Gasteiger partial charge in [0.2, 0.25) is 0 Å². The third-order valence-electron chi connectivity index (χ3n) is 6.83. The molecule has 7 nitrogen and oxygen atoms in total. The number of carbonyl (C=O) groups is 1. The van der Waals surface area contributed by atoms with Gasteiger partial charge in [0, 0.05) is 24.8 Å². The number of piperidine rings is 2. The summed E-state index contributed by atoms with van der Waals surface area (Å²) in [7, 11) is -3.91. The number of hydrogen-bond donors (Lipinski definition) is 2. The van der Waals surface area contributed by atoms with Gasteiger partial charge in [0.05, 0.1) is 16.1 Å². The topological polar surface area (TPSA) is 90.0 Å². The van der Waals surface area contributed by atoms with Crippen LogP contribution in [0.25, 0.3) is 0 Å². The Balaban J connectivity index is 1.51. The quantitative estimate of drug-likeness (QED) is 0.654. The van der Waals surface area contributed by atoms with Gasteiger partial charge in [-0.1, -0.05) is 24.1 Å². The monoisotopic (exact) mass is 471 g/mol. The predicted octanol–water partition coefficient (Wildman–Crippen LogP) is 4.26. The Morgan fingerprint density at radius 3 is 2.30 bits per heavy atom. The molecule has 8 heteroatoms. The molecule has 178 valence electrons. The second-order valence-corrected chi connectivity index (χ2v) is 10.9. The molecule has 4 rings (SSSR count). The first-order valence-electron chi connectivity index (χ1n) is 11.7. The molecule has 0 saturated carbocycles. The van der Waals surface area contributed by atoms with Gasteiger partial charge in [-0.05, 0) is 82.4 Å². The lowest BCUT2D eigenvalue weighted by molar-refractivity contribution is 0.0698. The van der Waals surface area contributed by atoms with E-state index in [2.05, 4.69) is 14.5 Å². The molecule has 0 aromatic heterocycles. The van der Waals surface area contributed by atoms with Crippen molar-refractivity contribution in [1.82, 2.24) is 4.90 Å². The van der Waals surface area contributed by atoms with Gasteiger partial charge in [-0.15, -0.1) is 0 Å². The number of sulfonamides is 1. The van der Waals surface area contributed by atoms with Crippen molar-refractivity contribution in [1.29, 1.82) is 0 Å². The average Bonchev–Trinajstić information content (AvgIpc) is 2.79. The highest BCUT2D eigenvalue weighted by Crippen LogP contribution is 2.30. The minimum Gasteiger partial charge on any atom is -0.478 e. The number of nitrogens with zero attached hydrogens (tertiary/aromatic N) is 2. The number of likely N-dealkylation sites (tertiary alicyclic amines) is 1. The van der Waals surface area contributed by atoms with Crippen molar-refractivity contribution in [3.8, 4) is 0 Å². The van der Waals surface area contributed by atoms with Crippen molar-refractivity contribution in [2.75, 3.05) is 35.8 Å². The van der Waals surface area contributed by atoms with Crippen LogP contribution in [0.4, 0.5) is 11.4 Å². The molecule has 2 aromatic rings. The molecule has 2 aliphatic rings. The molecule has 0 bridgehead atoms. The van der Waals surface area contributed by atoms with E-state index < -0.39 is 16.0 Å². The van der Waals surface area contributed by atoms with Crippen LogP contribution in [0.15, 0.2) is 41.3 Å². The van der Waals surface area contributed by atoms with Crippen molar-refractivity contribution in [3.63, 3.8) is 0 Å². The van der Waals surface area contributed by atoms with Crippen molar-refractivity contribution in [3.05, 3.63) is 53.1 Å². The molecular weight excluding hydrogens is 438 g/mol. The van der Waals surface area contributed by atoms with Crippen LogP contribution in [0.1, 0.15) is 53.6 Å². The normalized spacial score (nSPS) is 18.3. The van der Waals surface area contributed by atoms with Crippen LogP contribution < -0.4 is 9.62 Å². The Kier molecular flexibility index (Phi) is 6.95. The summed E-state index contributed by atoms with van der Waals surface area (Å²) in [6.07, 6.45) is 6.00. The lowest BCUT2D eigenvalue weighted by atomic mass is 9.99. The number of benzene rings is 2. The number of aryl methyl sites for hydroxylation is 2. The van der Waals surface area contributed by atoms with E-state index in [1.165, 1.54) is 32.4 Å². The van der Waals surface area contributed by atoms with E-state index in [1.54, 1.807) is 37.3 Å². The molecule has 0 amide bonds. The van der Waals surface area contributed by atoms with Crippen LogP contribution in [-0.4, -0.2) is 56.6 Å². The maximum Gasteiger partial charge on any atom is 0.337 e. The van der Waals surface area contributed by atoms with Gasteiger partial charge < -0.3 is 14.9 Å². The third kappa shape index (κ3) is 5.33. The second-order valence-electron chi connectivity index (χ2n) is 9.22. The summed E-state index contributed by atoms with van der Waals surface area (Å²) in [4.78, 5) is 16.9. The van der Waals surface area contributed by atoms with E-state index in [0.29, 0.717) is 11.6 Å². The summed E-state index contributed by atoms with van der Waals surface area (Å²) in [6.45, 7) is 7.73. The van der Waals surface area contributed by atoms with E-state index in [-0.39, 0.29) is 16.1 Å². The summed E-state index contributed by atoms with van der Waals surface area (Å²) in [5.41, 5.74) is 2.44. The summed E-state index contributed by atoms with van der Waals surface area (Å²) >= 11 is 0. The summed E-state index contributed by atoms with van der Waals surface area (Å²) in [5, 5.41) is 9.80. The fourth-order valence-corrected chi connectivity index (χ4v) is 6.38.